The van der Waals surface area contributed by atoms with Crippen LogP contribution in [0.25, 0.3) is 0 Å². The number of hydrogen-bond donors (Lipinski definition) is 2. The molecule has 1 aromatic carbocycles. The average molecular weight is 266 g/mol. The first kappa shape index (κ1) is 15.8. The summed E-state index contributed by atoms with van der Waals surface area (Å²) in [5.41, 5.74) is 14.0. The molecular formula is C15H26N2O2. The maximum Gasteiger partial charge on any atom is 0.130 e. The number of benzene rings is 1. The van der Waals surface area contributed by atoms with Crippen molar-refractivity contribution in [2.75, 3.05) is 14.2 Å². The van der Waals surface area contributed by atoms with E-state index in [1.807, 2.05) is 32.9 Å². The molecule has 0 fully saturated rings. The Balaban J connectivity index is 2.97. The van der Waals surface area contributed by atoms with Crippen LogP contribution in [0.3, 0.4) is 0 Å². The lowest BCUT2D eigenvalue weighted by atomic mass is 9.92. The summed E-state index contributed by atoms with van der Waals surface area (Å²) in [5, 5.41) is 0. The van der Waals surface area contributed by atoms with Crippen molar-refractivity contribution in [2.45, 2.75) is 45.2 Å². The minimum atomic E-state index is -0.202. The molecule has 4 N–H and O–H groups in total. The quantitative estimate of drug-likeness (QED) is 0.830. The highest BCUT2D eigenvalue weighted by Crippen LogP contribution is 2.35. The van der Waals surface area contributed by atoms with Crippen LogP contribution >= 0.6 is 0 Å². The number of methoxy groups -OCH3 is 2. The predicted octanol–water partition coefficient (Wildman–Crippen LogP) is 2.53. The minimum Gasteiger partial charge on any atom is -0.496 e. The first-order valence-electron chi connectivity index (χ1n) is 6.56. The average Bonchev–Trinajstić information content (AvgIpc) is 2.34. The van der Waals surface area contributed by atoms with Crippen molar-refractivity contribution in [1.82, 2.24) is 0 Å². The zero-order valence-corrected chi connectivity index (χ0v) is 12.6. The van der Waals surface area contributed by atoms with Gasteiger partial charge in [-0.2, -0.15) is 0 Å². The van der Waals surface area contributed by atoms with Gasteiger partial charge in [0.25, 0.3) is 0 Å². The molecule has 1 atom stereocenters. The summed E-state index contributed by atoms with van der Waals surface area (Å²) in [7, 11) is 3.31. The number of hydrogen-bond acceptors (Lipinski definition) is 4. The van der Waals surface area contributed by atoms with Crippen molar-refractivity contribution in [3.8, 4) is 11.5 Å². The molecule has 0 aromatic heterocycles. The van der Waals surface area contributed by atoms with Gasteiger partial charge in [-0.25, -0.2) is 0 Å². The zero-order chi connectivity index (χ0) is 14.6. The summed E-state index contributed by atoms with van der Waals surface area (Å²) >= 11 is 0. The van der Waals surface area contributed by atoms with Crippen LogP contribution in [-0.4, -0.2) is 19.8 Å². The van der Waals surface area contributed by atoms with Crippen LogP contribution in [0.4, 0.5) is 0 Å². The van der Waals surface area contributed by atoms with Gasteiger partial charge in [0, 0.05) is 22.7 Å². The highest BCUT2D eigenvalue weighted by molar-refractivity contribution is 5.50. The summed E-state index contributed by atoms with van der Waals surface area (Å²) in [6, 6.07) is 3.82. The lowest BCUT2D eigenvalue weighted by Gasteiger charge is -2.23. The van der Waals surface area contributed by atoms with E-state index in [0.717, 1.165) is 35.5 Å². The van der Waals surface area contributed by atoms with E-state index < -0.39 is 0 Å². The molecule has 0 radical (unpaired) electrons. The van der Waals surface area contributed by atoms with Crippen LogP contribution in [0.5, 0.6) is 11.5 Å². The highest BCUT2D eigenvalue weighted by atomic mass is 16.5. The molecule has 0 aliphatic heterocycles. The summed E-state index contributed by atoms with van der Waals surface area (Å²) < 4.78 is 10.8. The van der Waals surface area contributed by atoms with E-state index in [2.05, 4.69) is 0 Å². The van der Waals surface area contributed by atoms with Crippen molar-refractivity contribution in [3.05, 3.63) is 23.3 Å². The molecule has 1 rings (SSSR count). The van der Waals surface area contributed by atoms with Gasteiger partial charge < -0.3 is 20.9 Å². The van der Waals surface area contributed by atoms with Crippen LogP contribution in [0.1, 0.15) is 43.9 Å². The smallest absolute Gasteiger partial charge is 0.130 e. The number of nitrogens with two attached hydrogens (primary N) is 2. The lowest BCUT2D eigenvalue weighted by Crippen LogP contribution is -2.32. The Morgan fingerprint density at radius 1 is 1.21 bits per heavy atom. The standard InChI is InChI=1S/C15H26N2O2/c1-10-13(18-4)7-6-11(14(10)19-5)12(16)8-9-15(2,3)17/h6-7,12H,8-9,16-17H2,1-5H3. The third kappa shape index (κ3) is 4.11. The van der Waals surface area contributed by atoms with Gasteiger partial charge in [-0.3, -0.25) is 0 Å². The van der Waals surface area contributed by atoms with E-state index in [0.29, 0.717) is 0 Å². The molecule has 4 nitrogen and oxygen atoms in total. The maximum atomic E-state index is 6.26. The second-order valence-electron chi connectivity index (χ2n) is 5.65. The lowest BCUT2D eigenvalue weighted by molar-refractivity contribution is 0.377. The third-order valence-electron chi connectivity index (χ3n) is 3.31. The molecule has 0 spiro atoms. The van der Waals surface area contributed by atoms with Crippen molar-refractivity contribution in [1.29, 1.82) is 0 Å². The molecule has 108 valence electrons. The highest BCUT2D eigenvalue weighted by Gasteiger charge is 2.19. The Labute approximate surface area is 116 Å². The van der Waals surface area contributed by atoms with Crippen molar-refractivity contribution in [2.24, 2.45) is 11.5 Å². The topological polar surface area (TPSA) is 70.5 Å². The molecule has 0 bridgehead atoms. The Morgan fingerprint density at radius 2 is 1.84 bits per heavy atom. The van der Waals surface area contributed by atoms with Crippen LogP contribution in [0.2, 0.25) is 0 Å². The molecule has 0 saturated carbocycles. The fourth-order valence-corrected chi connectivity index (χ4v) is 2.16. The molecule has 0 saturated heterocycles. The van der Waals surface area contributed by atoms with E-state index in [-0.39, 0.29) is 11.6 Å². The minimum absolute atomic E-state index is 0.0811. The third-order valence-corrected chi connectivity index (χ3v) is 3.31. The zero-order valence-electron chi connectivity index (χ0n) is 12.6. The number of rotatable bonds is 6. The van der Waals surface area contributed by atoms with Crippen molar-refractivity contribution in [3.63, 3.8) is 0 Å². The Kier molecular flexibility index (Phi) is 5.20. The van der Waals surface area contributed by atoms with E-state index in [4.69, 9.17) is 20.9 Å². The van der Waals surface area contributed by atoms with Gasteiger partial charge in [0.1, 0.15) is 11.5 Å². The first-order valence-corrected chi connectivity index (χ1v) is 6.56. The molecule has 0 aliphatic carbocycles. The monoisotopic (exact) mass is 266 g/mol. The fourth-order valence-electron chi connectivity index (χ4n) is 2.16. The van der Waals surface area contributed by atoms with Crippen molar-refractivity contribution < 1.29 is 9.47 Å². The van der Waals surface area contributed by atoms with E-state index >= 15 is 0 Å². The summed E-state index contributed by atoms with van der Waals surface area (Å²) in [4.78, 5) is 0. The molecule has 0 amide bonds. The van der Waals surface area contributed by atoms with E-state index in [1.54, 1.807) is 14.2 Å². The Bertz CT molecular complexity index is 425. The van der Waals surface area contributed by atoms with E-state index in [9.17, 15) is 0 Å². The maximum absolute atomic E-state index is 6.26. The molecule has 1 aromatic rings. The largest absolute Gasteiger partial charge is 0.496 e. The van der Waals surface area contributed by atoms with Gasteiger partial charge in [-0.1, -0.05) is 6.07 Å². The molecular weight excluding hydrogens is 240 g/mol. The molecule has 19 heavy (non-hydrogen) atoms. The second-order valence-corrected chi connectivity index (χ2v) is 5.65. The molecule has 0 aliphatic rings. The van der Waals surface area contributed by atoms with Gasteiger partial charge in [-0.15, -0.1) is 0 Å². The SMILES string of the molecule is COc1ccc(C(N)CCC(C)(C)N)c(OC)c1C. The Hall–Kier alpha value is -1.26. The van der Waals surface area contributed by atoms with Gasteiger partial charge >= 0.3 is 0 Å². The molecule has 4 heteroatoms. The van der Waals surface area contributed by atoms with Crippen LogP contribution < -0.4 is 20.9 Å². The van der Waals surface area contributed by atoms with Crippen LogP contribution in [0.15, 0.2) is 12.1 Å². The van der Waals surface area contributed by atoms with Crippen LogP contribution in [-0.2, 0) is 0 Å². The first-order chi connectivity index (χ1) is 8.80. The second kappa shape index (κ2) is 6.26. The summed E-state index contributed by atoms with van der Waals surface area (Å²) in [6.07, 6.45) is 1.69. The van der Waals surface area contributed by atoms with Gasteiger partial charge in [0.15, 0.2) is 0 Å². The van der Waals surface area contributed by atoms with Crippen LogP contribution in [0, 0.1) is 6.92 Å². The van der Waals surface area contributed by atoms with Gasteiger partial charge in [0.05, 0.1) is 14.2 Å². The molecule has 1 unspecified atom stereocenters. The summed E-state index contributed by atoms with van der Waals surface area (Å²) in [5.74, 6) is 1.62. The summed E-state index contributed by atoms with van der Waals surface area (Å²) in [6.45, 7) is 5.99. The van der Waals surface area contributed by atoms with Crippen molar-refractivity contribution >= 4 is 0 Å². The predicted molar refractivity (Wildman–Crippen MR) is 78.7 cm³/mol. The van der Waals surface area contributed by atoms with Gasteiger partial charge in [-0.05, 0) is 39.7 Å². The van der Waals surface area contributed by atoms with E-state index in [1.165, 1.54) is 0 Å². The van der Waals surface area contributed by atoms with Gasteiger partial charge in [0.2, 0.25) is 0 Å². The Morgan fingerprint density at radius 3 is 2.32 bits per heavy atom. The molecule has 0 heterocycles. The number of ether oxygens (including phenoxy) is 2. The fraction of sp³-hybridized carbons (Fsp3) is 0.600. The normalized spacial score (nSPS) is 13.2.